The molecule has 3 amide bonds. The first-order valence-corrected chi connectivity index (χ1v) is 12.3. The fourth-order valence-corrected chi connectivity index (χ4v) is 5.26. The third kappa shape index (κ3) is 4.96. The third-order valence-electron chi connectivity index (χ3n) is 6.31. The van der Waals surface area contributed by atoms with E-state index in [1.807, 2.05) is 55.3 Å². The number of nitrogens with zero attached hydrogens (tertiary/aromatic N) is 2. The molecular formula is C25H31N3O4S. The van der Waals surface area contributed by atoms with Crippen molar-refractivity contribution in [1.82, 2.24) is 15.1 Å². The van der Waals surface area contributed by atoms with Crippen molar-refractivity contribution in [3.8, 4) is 0 Å². The average molecular weight is 470 g/mol. The molecule has 0 bridgehead atoms. The average Bonchev–Trinajstić information content (AvgIpc) is 3.42. The number of piperidine rings is 1. The van der Waals surface area contributed by atoms with Gasteiger partial charge in [-0.25, -0.2) is 0 Å². The molecule has 1 spiro atoms. The van der Waals surface area contributed by atoms with Gasteiger partial charge in [0.2, 0.25) is 11.8 Å². The second-order valence-corrected chi connectivity index (χ2v) is 10.1. The molecule has 2 aromatic rings. The Labute approximate surface area is 198 Å². The summed E-state index contributed by atoms with van der Waals surface area (Å²) in [5.74, 6) is -0.343. The van der Waals surface area contributed by atoms with E-state index in [2.05, 4.69) is 5.32 Å². The summed E-state index contributed by atoms with van der Waals surface area (Å²) in [6.45, 7) is 6.89. The van der Waals surface area contributed by atoms with Gasteiger partial charge in [0.05, 0.1) is 13.0 Å². The lowest BCUT2D eigenvalue weighted by Gasteiger charge is -2.44. The van der Waals surface area contributed by atoms with Crippen LogP contribution in [0, 0.1) is 6.92 Å². The number of nitrogens with one attached hydrogen (secondary N) is 1. The zero-order valence-electron chi connectivity index (χ0n) is 19.4. The van der Waals surface area contributed by atoms with Gasteiger partial charge in [0.1, 0.15) is 11.8 Å². The van der Waals surface area contributed by atoms with Crippen LogP contribution >= 0.6 is 11.3 Å². The zero-order chi connectivity index (χ0) is 23.6. The van der Waals surface area contributed by atoms with Gasteiger partial charge in [-0.15, -0.1) is 11.3 Å². The second-order valence-electron chi connectivity index (χ2n) is 9.11. The Hall–Kier alpha value is -2.71. The van der Waals surface area contributed by atoms with Crippen molar-refractivity contribution >= 4 is 29.1 Å². The van der Waals surface area contributed by atoms with Crippen LogP contribution in [-0.2, 0) is 20.7 Å². The standard InChI is InChI=1S/C25H31N3O4S/c1-17(2)26-23(30)21-16-32-25(28(21)24(31)19-8-6-18(3)7-9-19)10-12-27(13-11-25)22(29)15-20-5-4-14-33-20/h4-9,14,17,21H,10-13,15-16H2,1-3H3,(H,26,30). The number of carbonyl (C=O) groups excluding carboxylic acids is 3. The van der Waals surface area contributed by atoms with E-state index in [-0.39, 0.29) is 30.4 Å². The van der Waals surface area contributed by atoms with E-state index >= 15 is 0 Å². The van der Waals surface area contributed by atoms with Crippen LogP contribution < -0.4 is 5.32 Å². The number of aryl methyl sites for hydroxylation is 1. The van der Waals surface area contributed by atoms with Gasteiger partial charge in [-0.1, -0.05) is 23.8 Å². The monoisotopic (exact) mass is 469 g/mol. The number of hydrogen-bond acceptors (Lipinski definition) is 5. The number of hydrogen-bond donors (Lipinski definition) is 1. The molecule has 1 N–H and O–H groups in total. The third-order valence-corrected chi connectivity index (χ3v) is 7.19. The molecule has 1 atom stereocenters. The highest BCUT2D eigenvalue weighted by Crippen LogP contribution is 2.38. The summed E-state index contributed by atoms with van der Waals surface area (Å²) in [5, 5.41) is 4.90. The van der Waals surface area contributed by atoms with E-state index in [1.165, 1.54) is 0 Å². The Balaban J connectivity index is 1.54. The quantitative estimate of drug-likeness (QED) is 0.730. The molecule has 4 rings (SSSR count). The Morgan fingerprint density at radius 1 is 1.15 bits per heavy atom. The first-order chi connectivity index (χ1) is 15.8. The maximum Gasteiger partial charge on any atom is 0.256 e. The van der Waals surface area contributed by atoms with Gasteiger partial charge in [-0.2, -0.15) is 0 Å². The Bertz CT molecular complexity index is 995. The summed E-state index contributed by atoms with van der Waals surface area (Å²) in [5.41, 5.74) is 0.704. The number of carbonyl (C=O) groups is 3. The number of benzene rings is 1. The molecule has 2 aliphatic heterocycles. The highest BCUT2D eigenvalue weighted by molar-refractivity contribution is 7.10. The lowest BCUT2D eigenvalue weighted by Crippen LogP contribution is -2.60. The SMILES string of the molecule is Cc1ccc(C(=O)N2C(C(=O)NC(C)C)COC23CCN(C(=O)Cc2cccs2)CC3)cc1. The van der Waals surface area contributed by atoms with Crippen molar-refractivity contribution in [3.63, 3.8) is 0 Å². The van der Waals surface area contributed by atoms with Gasteiger partial charge in [0.25, 0.3) is 5.91 Å². The molecule has 1 aromatic heterocycles. The predicted octanol–water partition coefficient (Wildman–Crippen LogP) is 2.98. The molecule has 1 unspecified atom stereocenters. The number of amides is 3. The molecule has 0 radical (unpaired) electrons. The largest absolute Gasteiger partial charge is 0.353 e. The van der Waals surface area contributed by atoms with Gasteiger partial charge < -0.3 is 15.0 Å². The van der Waals surface area contributed by atoms with Crippen LogP contribution in [0.5, 0.6) is 0 Å². The van der Waals surface area contributed by atoms with Crippen LogP contribution in [0.15, 0.2) is 41.8 Å². The minimum Gasteiger partial charge on any atom is -0.353 e. The zero-order valence-corrected chi connectivity index (χ0v) is 20.2. The van der Waals surface area contributed by atoms with Gasteiger partial charge in [-0.3, -0.25) is 19.3 Å². The predicted molar refractivity (Wildman–Crippen MR) is 127 cm³/mol. The number of thiophene rings is 1. The molecule has 1 aromatic carbocycles. The summed E-state index contributed by atoms with van der Waals surface area (Å²) >= 11 is 1.58. The van der Waals surface area contributed by atoms with Crippen LogP contribution in [0.2, 0.25) is 0 Å². The van der Waals surface area contributed by atoms with Crippen molar-refractivity contribution < 1.29 is 19.1 Å². The minimum atomic E-state index is -0.888. The van der Waals surface area contributed by atoms with Crippen molar-refractivity contribution in [2.45, 2.75) is 57.8 Å². The minimum absolute atomic E-state index is 0.0397. The summed E-state index contributed by atoms with van der Waals surface area (Å²) in [4.78, 5) is 43.9. The van der Waals surface area contributed by atoms with Gasteiger partial charge in [-0.05, 0) is 44.4 Å². The summed E-state index contributed by atoms with van der Waals surface area (Å²) in [6, 6.07) is 10.5. The lowest BCUT2D eigenvalue weighted by molar-refractivity contribution is -0.143. The van der Waals surface area contributed by atoms with E-state index in [4.69, 9.17) is 4.74 Å². The Morgan fingerprint density at radius 2 is 1.85 bits per heavy atom. The molecule has 2 fully saturated rings. The summed E-state index contributed by atoms with van der Waals surface area (Å²) in [6.07, 6.45) is 1.34. The van der Waals surface area contributed by atoms with Crippen molar-refractivity contribution in [2.75, 3.05) is 19.7 Å². The van der Waals surface area contributed by atoms with Gasteiger partial charge in [0, 0.05) is 42.4 Å². The maximum atomic E-state index is 13.6. The van der Waals surface area contributed by atoms with Crippen molar-refractivity contribution in [2.24, 2.45) is 0 Å². The lowest BCUT2D eigenvalue weighted by atomic mass is 9.96. The smallest absolute Gasteiger partial charge is 0.256 e. The van der Waals surface area contributed by atoms with E-state index in [9.17, 15) is 14.4 Å². The fourth-order valence-electron chi connectivity index (χ4n) is 4.56. The number of likely N-dealkylation sites (tertiary alicyclic amines) is 1. The van der Waals surface area contributed by atoms with Gasteiger partial charge >= 0.3 is 0 Å². The Kier molecular flexibility index (Phi) is 6.86. The molecule has 2 saturated heterocycles. The topological polar surface area (TPSA) is 79.0 Å². The number of rotatable bonds is 5. The molecule has 2 aliphatic rings. The second kappa shape index (κ2) is 9.65. The molecule has 33 heavy (non-hydrogen) atoms. The van der Waals surface area contributed by atoms with E-state index in [0.29, 0.717) is 37.9 Å². The summed E-state index contributed by atoms with van der Waals surface area (Å²) < 4.78 is 6.22. The van der Waals surface area contributed by atoms with E-state index in [1.54, 1.807) is 28.4 Å². The molecular weight excluding hydrogens is 438 g/mol. The van der Waals surface area contributed by atoms with Crippen LogP contribution in [0.1, 0.15) is 47.5 Å². The molecule has 176 valence electrons. The first-order valence-electron chi connectivity index (χ1n) is 11.4. The Morgan fingerprint density at radius 3 is 2.45 bits per heavy atom. The van der Waals surface area contributed by atoms with Crippen LogP contribution in [0.4, 0.5) is 0 Å². The highest BCUT2D eigenvalue weighted by atomic mass is 32.1. The van der Waals surface area contributed by atoms with E-state index < -0.39 is 11.8 Å². The normalized spacial score (nSPS) is 19.8. The van der Waals surface area contributed by atoms with Crippen LogP contribution in [-0.4, -0.2) is 65.0 Å². The summed E-state index contributed by atoms with van der Waals surface area (Å²) in [7, 11) is 0. The molecule has 0 aliphatic carbocycles. The molecule has 0 saturated carbocycles. The highest BCUT2D eigenvalue weighted by Gasteiger charge is 2.54. The number of ether oxygens (including phenoxy) is 1. The van der Waals surface area contributed by atoms with Gasteiger partial charge in [0.15, 0.2) is 0 Å². The maximum absolute atomic E-state index is 13.6. The first kappa shape index (κ1) is 23.4. The molecule has 8 heteroatoms. The molecule has 7 nitrogen and oxygen atoms in total. The van der Waals surface area contributed by atoms with E-state index in [0.717, 1.165) is 10.4 Å². The van der Waals surface area contributed by atoms with Crippen LogP contribution in [0.3, 0.4) is 0 Å². The van der Waals surface area contributed by atoms with Crippen molar-refractivity contribution in [1.29, 1.82) is 0 Å². The fraction of sp³-hybridized carbons (Fsp3) is 0.480. The van der Waals surface area contributed by atoms with Crippen LogP contribution in [0.25, 0.3) is 0 Å². The van der Waals surface area contributed by atoms with Crippen molar-refractivity contribution in [3.05, 3.63) is 57.8 Å². The molecule has 3 heterocycles.